The van der Waals surface area contributed by atoms with Crippen molar-refractivity contribution in [2.45, 2.75) is 0 Å². The number of halogens is 1. The van der Waals surface area contributed by atoms with Crippen molar-refractivity contribution in [1.82, 2.24) is 5.32 Å². The van der Waals surface area contributed by atoms with Gasteiger partial charge in [-0.2, -0.15) is 0 Å². The lowest BCUT2D eigenvalue weighted by molar-refractivity contribution is -0.398. The van der Waals surface area contributed by atoms with E-state index in [-0.39, 0.29) is 33.5 Å². The number of carbonyl (C=O) groups excluding carboxylic acids is 3. The molecule has 1 fully saturated rings. The number of anilines is 1. The predicted octanol–water partition coefficient (Wildman–Crippen LogP) is 2.01. The number of benzene rings is 2. The Balaban J connectivity index is 2.15. The van der Waals surface area contributed by atoms with Crippen molar-refractivity contribution in [2.75, 3.05) is 26.2 Å². The molecule has 2 aromatic carbocycles. The van der Waals surface area contributed by atoms with Crippen LogP contribution in [0.2, 0.25) is 5.02 Å². The van der Waals surface area contributed by atoms with Gasteiger partial charge < -0.3 is 19.3 Å². The molecule has 1 saturated heterocycles. The van der Waals surface area contributed by atoms with Crippen molar-refractivity contribution >= 4 is 46.9 Å². The van der Waals surface area contributed by atoms with Crippen molar-refractivity contribution in [3.8, 4) is 23.0 Å². The van der Waals surface area contributed by atoms with E-state index in [1.165, 1.54) is 26.4 Å². The topological polar surface area (TPSA) is 160 Å². The number of nitro groups is 1. The Morgan fingerprint density at radius 3 is 2.21 bits per heavy atom. The van der Waals surface area contributed by atoms with Crippen LogP contribution >= 0.6 is 11.6 Å². The van der Waals surface area contributed by atoms with Crippen LogP contribution in [-0.4, -0.2) is 44.1 Å². The predicted molar refractivity (Wildman–Crippen MR) is 113 cm³/mol. The number of barbiturate groups is 1. The van der Waals surface area contributed by atoms with Gasteiger partial charge in [0.1, 0.15) is 22.8 Å². The van der Waals surface area contributed by atoms with E-state index in [2.05, 4.69) is 0 Å². The summed E-state index contributed by atoms with van der Waals surface area (Å²) in [4.78, 5) is 49.0. The molecule has 33 heavy (non-hydrogen) atoms. The molecular formula is C20H15ClN3O9-. The third-order valence-corrected chi connectivity index (χ3v) is 4.88. The van der Waals surface area contributed by atoms with Gasteiger partial charge >= 0.3 is 6.03 Å². The number of imide groups is 2. The highest BCUT2D eigenvalue weighted by atomic mass is 35.5. The Morgan fingerprint density at radius 1 is 1.00 bits per heavy atom. The molecule has 4 amide bonds. The zero-order valence-corrected chi connectivity index (χ0v) is 18.1. The van der Waals surface area contributed by atoms with Crippen LogP contribution in [0.1, 0.15) is 5.56 Å². The van der Waals surface area contributed by atoms with Gasteiger partial charge in [0, 0.05) is 23.9 Å². The molecular weight excluding hydrogens is 462 g/mol. The molecule has 0 aromatic heterocycles. The number of methoxy groups -OCH3 is 3. The number of urea groups is 1. The summed E-state index contributed by atoms with van der Waals surface area (Å²) in [5, 5.41) is 25.4. The van der Waals surface area contributed by atoms with Crippen LogP contribution in [0, 0.1) is 10.1 Å². The number of hydrogen-bond donors (Lipinski definition) is 1. The van der Waals surface area contributed by atoms with Crippen molar-refractivity contribution in [3.63, 3.8) is 0 Å². The lowest BCUT2D eigenvalue weighted by atomic mass is 10.1. The van der Waals surface area contributed by atoms with Crippen LogP contribution in [0.5, 0.6) is 23.0 Å². The summed E-state index contributed by atoms with van der Waals surface area (Å²) in [6, 6.07) is 3.52. The van der Waals surface area contributed by atoms with Gasteiger partial charge in [0.15, 0.2) is 0 Å². The van der Waals surface area contributed by atoms with Gasteiger partial charge in [0.05, 0.1) is 37.0 Å². The molecule has 172 valence electrons. The summed E-state index contributed by atoms with van der Waals surface area (Å²) in [5.74, 6) is -3.28. The zero-order chi connectivity index (χ0) is 24.4. The number of nitro benzene ring substituents is 1. The molecule has 0 aliphatic carbocycles. The zero-order valence-electron chi connectivity index (χ0n) is 17.3. The first-order valence-electron chi connectivity index (χ1n) is 8.99. The Bertz CT molecular complexity index is 1230. The molecule has 0 atom stereocenters. The van der Waals surface area contributed by atoms with Crippen molar-refractivity contribution in [2.24, 2.45) is 0 Å². The van der Waals surface area contributed by atoms with Crippen LogP contribution in [0.25, 0.3) is 6.08 Å². The Hall–Kier alpha value is -4.32. The van der Waals surface area contributed by atoms with E-state index >= 15 is 0 Å². The summed E-state index contributed by atoms with van der Waals surface area (Å²) < 4.78 is 15.2. The van der Waals surface area contributed by atoms with Crippen molar-refractivity contribution < 1.29 is 38.6 Å². The summed E-state index contributed by atoms with van der Waals surface area (Å²) in [7, 11) is 3.74. The highest BCUT2D eigenvalue weighted by Crippen LogP contribution is 2.40. The molecule has 0 radical (unpaired) electrons. The fraction of sp³-hybridized carbons (Fsp3) is 0.150. The van der Waals surface area contributed by atoms with E-state index in [1.807, 2.05) is 5.32 Å². The maximum Gasteiger partial charge on any atom is 0.336 e. The number of rotatable bonds is 6. The third kappa shape index (κ3) is 4.23. The second-order valence-corrected chi connectivity index (χ2v) is 6.85. The number of amides is 4. The molecule has 0 bridgehead atoms. The molecule has 0 unspecified atom stereocenters. The Labute approximate surface area is 191 Å². The van der Waals surface area contributed by atoms with Crippen LogP contribution < -0.4 is 29.5 Å². The van der Waals surface area contributed by atoms with E-state index in [4.69, 9.17) is 25.8 Å². The van der Waals surface area contributed by atoms with E-state index in [1.54, 1.807) is 0 Å². The average molecular weight is 477 g/mol. The maximum atomic E-state index is 13.2. The monoisotopic (exact) mass is 476 g/mol. The van der Waals surface area contributed by atoms with Gasteiger partial charge in [-0.25, -0.2) is 9.69 Å². The van der Waals surface area contributed by atoms with Crippen molar-refractivity contribution in [3.05, 3.63) is 50.5 Å². The number of hydrogen-bond acceptors (Lipinski definition) is 9. The molecule has 3 rings (SSSR count). The summed E-state index contributed by atoms with van der Waals surface area (Å²) >= 11 is 6.07. The molecule has 1 aliphatic heterocycles. The minimum absolute atomic E-state index is 0.0333. The minimum atomic E-state index is -1.07. The van der Waals surface area contributed by atoms with Gasteiger partial charge in [-0.3, -0.25) is 25.0 Å². The molecule has 0 spiro atoms. The smallest absolute Gasteiger partial charge is 0.336 e. The highest BCUT2D eigenvalue weighted by molar-refractivity contribution is 6.39. The second kappa shape index (κ2) is 9.04. The van der Waals surface area contributed by atoms with E-state index < -0.39 is 39.8 Å². The van der Waals surface area contributed by atoms with Crippen LogP contribution in [-0.2, 0) is 9.59 Å². The quantitative estimate of drug-likeness (QED) is 0.284. The SMILES string of the molecule is COc1cc(N2C(=O)NC(=O)/C(=C\c3cc(OC)c([O-])c([N+](=O)[O-])c3)C2=O)c(OC)cc1Cl. The van der Waals surface area contributed by atoms with Crippen LogP contribution in [0.15, 0.2) is 29.8 Å². The second-order valence-electron chi connectivity index (χ2n) is 6.44. The molecule has 1 aliphatic rings. The summed E-state index contributed by atoms with van der Waals surface area (Å²) in [6.07, 6.45) is 0.992. The van der Waals surface area contributed by atoms with Gasteiger partial charge in [-0.15, -0.1) is 0 Å². The normalized spacial score (nSPS) is 14.8. The van der Waals surface area contributed by atoms with Crippen LogP contribution in [0.4, 0.5) is 16.2 Å². The fourth-order valence-corrected chi connectivity index (χ4v) is 3.27. The van der Waals surface area contributed by atoms with Crippen molar-refractivity contribution in [1.29, 1.82) is 0 Å². The van der Waals surface area contributed by atoms with E-state index in [9.17, 15) is 29.6 Å². The number of nitrogens with zero attached hydrogens (tertiary/aromatic N) is 2. The van der Waals surface area contributed by atoms with Gasteiger partial charge in [0.25, 0.3) is 17.5 Å². The maximum absolute atomic E-state index is 13.2. The third-order valence-electron chi connectivity index (χ3n) is 4.58. The number of carbonyl (C=O) groups is 3. The Kier molecular flexibility index (Phi) is 6.40. The average Bonchev–Trinajstić information content (AvgIpc) is 2.77. The summed E-state index contributed by atoms with van der Waals surface area (Å²) in [5.41, 5.74) is -1.48. The van der Waals surface area contributed by atoms with Crippen LogP contribution in [0.3, 0.4) is 0 Å². The van der Waals surface area contributed by atoms with E-state index in [0.717, 1.165) is 25.3 Å². The number of nitrogens with one attached hydrogen (secondary N) is 1. The number of ether oxygens (including phenoxy) is 3. The lowest BCUT2D eigenvalue weighted by Gasteiger charge is -2.28. The first kappa shape index (κ1) is 23.3. The van der Waals surface area contributed by atoms with Gasteiger partial charge in [0.2, 0.25) is 0 Å². The Morgan fingerprint density at radius 2 is 1.64 bits per heavy atom. The van der Waals surface area contributed by atoms with E-state index in [0.29, 0.717) is 4.90 Å². The summed E-state index contributed by atoms with van der Waals surface area (Å²) in [6.45, 7) is 0. The molecule has 1 N–H and O–H groups in total. The minimum Gasteiger partial charge on any atom is -0.865 e. The van der Waals surface area contributed by atoms with Gasteiger partial charge in [-0.1, -0.05) is 11.6 Å². The first-order valence-corrected chi connectivity index (χ1v) is 9.37. The molecule has 13 heteroatoms. The molecule has 12 nitrogen and oxygen atoms in total. The molecule has 1 heterocycles. The largest absolute Gasteiger partial charge is 0.865 e. The molecule has 2 aromatic rings. The lowest BCUT2D eigenvalue weighted by Crippen LogP contribution is -2.54. The molecule has 0 saturated carbocycles. The van der Waals surface area contributed by atoms with Gasteiger partial charge in [-0.05, 0) is 17.7 Å². The highest BCUT2D eigenvalue weighted by Gasteiger charge is 2.38. The first-order chi connectivity index (χ1) is 15.6. The fourth-order valence-electron chi connectivity index (χ4n) is 3.04. The standard InChI is InChI=1S/C20H16ClN3O9/c1-31-14-8-12(15(32-2)7-11(14)21)23-19(27)10(18(26)22-20(23)28)4-9-5-13(24(29)30)17(25)16(6-9)33-3/h4-8,25H,1-3H3,(H,22,26,28)/p-1/b10-4+.